The van der Waals surface area contributed by atoms with Crippen LogP contribution >= 0.6 is 0 Å². The number of rotatable bonds is 8. The van der Waals surface area contributed by atoms with Gasteiger partial charge in [0.05, 0.1) is 11.7 Å². The largest absolute Gasteiger partial charge is 0.360 e. The average Bonchev–Trinajstić information content (AvgIpc) is 3.86. The first kappa shape index (κ1) is 38.1. The molecule has 4 nitrogen and oxygen atoms in total. The minimum Gasteiger partial charge on any atom is -0.360 e. The minimum absolute atomic E-state index is 0.189. The van der Waals surface area contributed by atoms with Crippen molar-refractivity contribution >= 4 is 39.3 Å². The van der Waals surface area contributed by atoms with E-state index in [9.17, 15) is 0 Å². The molecule has 0 amide bonds. The average molecular weight is 819 g/mol. The summed E-state index contributed by atoms with van der Waals surface area (Å²) in [6.45, 7) is 6.78. The summed E-state index contributed by atoms with van der Waals surface area (Å²) in [7, 11) is 0. The van der Waals surface area contributed by atoms with Gasteiger partial charge in [0, 0.05) is 63.4 Å². The van der Waals surface area contributed by atoms with Crippen molar-refractivity contribution in [2.24, 2.45) is 10.9 Å². The molecule has 0 saturated carbocycles. The summed E-state index contributed by atoms with van der Waals surface area (Å²) in [4.78, 5) is 11.4. The molecule has 0 bridgehead atoms. The van der Waals surface area contributed by atoms with Gasteiger partial charge in [-0.15, -0.1) is 0 Å². The fourth-order valence-electron chi connectivity index (χ4n) is 12.4. The molecule has 6 unspecified atom stereocenters. The lowest BCUT2D eigenvalue weighted by Gasteiger charge is -2.42. The number of aliphatic imine (C=N–C) groups is 1. The van der Waals surface area contributed by atoms with Crippen LogP contribution in [-0.4, -0.2) is 23.8 Å². The molecule has 6 aliphatic rings. The highest BCUT2D eigenvalue weighted by Crippen LogP contribution is 2.58. The number of nitrogens with one attached hydrogen (secondary N) is 1. The van der Waals surface area contributed by atoms with E-state index < -0.39 is 0 Å². The van der Waals surface area contributed by atoms with Crippen molar-refractivity contribution in [3.05, 3.63) is 227 Å². The molecule has 6 atom stereocenters. The third-order valence-corrected chi connectivity index (χ3v) is 15.1. The third kappa shape index (κ3) is 6.28. The predicted molar refractivity (Wildman–Crippen MR) is 263 cm³/mol. The molecule has 2 aliphatic heterocycles. The number of fused-ring (bicyclic) bond motifs is 9. The van der Waals surface area contributed by atoms with Gasteiger partial charge < -0.3 is 15.1 Å². The lowest BCUT2D eigenvalue weighted by Crippen LogP contribution is -2.42. The van der Waals surface area contributed by atoms with Gasteiger partial charge in [0.1, 0.15) is 6.17 Å². The van der Waals surface area contributed by atoms with E-state index in [0.717, 1.165) is 41.8 Å². The van der Waals surface area contributed by atoms with Crippen molar-refractivity contribution in [2.75, 3.05) is 9.80 Å². The van der Waals surface area contributed by atoms with Crippen LogP contribution in [0.15, 0.2) is 198 Å². The van der Waals surface area contributed by atoms with E-state index in [1.165, 1.54) is 75.8 Å². The molecule has 4 aliphatic carbocycles. The summed E-state index contributed by atoms with van der Waals surface area (Å²) < 4.78 is 0. The van der Waals surface area contributed by atoms with Gasteiger partial charge in [0.15, 0.2) is 0 Å². The van der Waals surface area contributed by atoms with Crippen LogP contribution in [0.2, 0.25) is 0 Å². The maximum absolute atomic E-state index is 5.66. The van der Waals surface area contributed by atoms with Crippen LogP contribution in [0.25, 0.3) is 22.2 Å². The molecule has 63 heavy (non-hydrogen) atoms. The van der Waals surface area contributed by atoms with Gasteiger partial charge in [-0.3, -0.25) is 4.99 Å². The lowest BCUT2D eigenvalue weighted by molar-refractivity contribution is 0.518. The van der Waals surface area contributed by atoms with Crippen LogP contribution in [-0.2, 0) is 6.42 Å². The number of para-hydroxylation sites is 2. The van der Waals surface area contributed by atoms with E-state index in [1.54, 1.807) is 16.7 Å². The Bertz CT molecular complexity index is 2940. The topological polar surface area (TPSA) is 30.9 Å². The summed E-state index contributed by atoms with van der Waals surface area (Å²) in [6.07, 6.45) is 17.5. The zero-order valence-corrected chi connectivity index (χ0v) is 36.1. The predicted octanol–water partition coefficient (Wildman–Crippen LogP) is 13.5. The first-order valence-electron chi connectivity index (χ1n) is 23.3. The molecule has 0 radical (unpaired) electrons. The Morgan fingerprint density at radius 2 is 1.51 bits per heavy atom. The molecule has 6 aromatic carbocycles. The Kier molecular flexibility index (Phi) is 9.43. The van der Waals surface area contributed by atoms with Gasteiger partial charge in [-0.1, -0.05) is 170 Å². The van der Waals surface area contributed by atoms with Gasteiger partial charge in [0.25, 0.3) is 0 Å². The Labute approximate surface area is 372 Å². The summed E-state index contributed by atoms with van der Waals surface area (Å²) >= 11 is 0. The molecular weight excluding hydrogens is 765 g/mol. The molecule has 2 heterocycles. The fourth-order valence-corrected chi connectivity index (χ4v) is 12.4. The van der Waals surface area contributed by atoms with Gasteiger partial charge in [0.2, 0.25) is 0 Å². The van der Waals surface area contributed by atoms with Gasteiger partial charge in [-0.2, -0.15) is 0 Å². The summed E-state index contributed by atoms with van der Waals surface area (Å²) in [6, 6.07) is 54.4. The Hall–Kier alpha value is -6.65. The standard InChI is InChI=1S/C59H54N4/c1-38(40-19-4-3-5-20-40)60-59(61-39(2)44-31-18-24-41-21-6-9-25-45(41)44)50-30-14-17-34-53(50)62-51-32-15-13-29-49(51)57-55(62)37-43-23-8-11-27-47(43)58(57)63-52-33-16-12-28-48(52)56-46-26-10-7-22-42(46)35-36-54(56)63/h3-6,8-14,16-21,23-31,33-34,49,51,54-56,59-60H,1,7,15,22,32,35-37H2,2H3. The summed E-state index contributed by atoms with van der Waals surface area (Å²) in [5.41, 5.74) is 18.6. The highest BCUT2D eigenvalue weighted by Gasteiger charge is 2.52. The Morgan fingerprint density at radius 3 is 2.43 bits per heavy atom. The summed E-state index contributed by atoms with van der Waals surface area (Å²) in [5.74, 6) is 0.691. The number of hydrogen-bond donors (Lipinski definition) is 1. The second kappa shape index (κ2) is 15.6. The van der Waals surface area contributed by atoms with E-state index in [0.29, 0.717) is 23.9 Å². The molecule has 310 valence electrons. The highest BCUT2D eigenvalue weighted by molar-refractivity contribution is 6.10. The first-order valence-corrected chi connectivity index (χ1v) is 23.3. The van der Waals surface area contributed by atoms with Gasteiger partial charge in [-0.25, -0.2) is 0 Å². The smallest absolute Gasteiger partial charge is 0.147 e. The highest BCUT2D eigenvalue weighted by atomic mass is 15.3. The van der Waals surface area contributed by atoms with Crippen LogP contribution in [0.1, 0.15) is 90.9 Å². The van der Waals surface area contributed by atoms with Crippen molar-refractivity contribution < 1.29 is 0 Å². The second-order valence-corrected chi connectivity index (χ2v) is 18.4. The maximum atomic E-state index is 5.66. The van der Waals surface area contributed by atoms with Crippen LogP contribution in [0.3, 0.4) is 0 Å². The SMILES string of the molecule is C=C(NC(N=C(C)c1cccc2ccccc12)c1ccccc1N1C2Cc3ccccc3C(N3c4ccccc4C4C5=C(CCC=C5)CCC43)=C2C2C=CCCC21)c1ccccc1. The third-order valence-electron chi connectivity index (χ3n) is 15.1. The number of hydrogen-bond acceptors (Lipinski definition) is 4. The van der Waals surface area contributed by atoms with Crippen molar-refractivity contribution in [2.45, 2.75) is 82.1 Å². The molecule has 0 aromatic heterocycles. The molecule has 1 fully saturated rings. The zero-order valence-electron chi connectivity index (χ0n) is 36.1. The van der Waals surface area contributed by atoms with Crippen LogP contribution < -0.4 is 15.1 Å². The number of benzene rings is 6. The van der Waals surface area contributed by atoms with Crippen molar-refractivity contribution in [3.63, 3.8) is 0 Å². The molecule has 1 N–H and O–H groups in total. The van der Waals surface area contributed by atoms with Crippen LogP contribution in [0.4, 0.5) is 11.4 Å². The Balaban J connectivity index is 1.03. The monoisotopic (exact) mass is 818 g/mol. The molecule has 6 aromatic rings. The molecule has 4 heteroatoms. The maximum Gasteiger partial charge on any atom is 0.147 e. The molecule has 12 rings (SSSR count). The fraction of sp³-hybridized carbons (Fsp3) is 0.237. The lowest BCUT2D eigenvalue weighted by atomic mass is 9.74. The van der Waals surface area contributed by atoms with E-state index in [4.69, 9.17) is 4.99 Å². The Morgan fingerprint density at radius 1 is 0.730 bits per heavy atom. The van der Waals surface area contributed by atoms with Crippen molar-refractivity contribution in [1.29, 1.82) is 0 Å². The normalized spacial score (nSPS) is 23.8. The van der Waals surface area contributed by atoms with E-state index >= 15 is 0 Å². The number of nitrogens with zero attached hydrogens (tertiary/aromatic N) is 3. The number of anilines is 2. The molecular formula is C59H54N4. The summed E-state index contributed by atoms with van der Waals surface area (Å²) in [5, 5.41) is 6.32. The van der Waals surface area contributed by atoms with E-state index in [1.807, 2.05) is 0 Å². The quantitative estimate of drug-likeness (QED) is 0.123. The minimum atomic E-state index is -0.381. The first-order chi connectivity index (χ1) is 31.1. The van der Waals surface area contributed by atoms with Crippen molar-refractivity contribution in [3.8, 4) is 0 Å². The van der Waals surface area contributed by atoms with E-state index in [-0.39, 0.29) is 12.2 Å². The van der Waals surface area contributed by atoms with Crippen LogP contribution in [0.5, 0.6) is 0 Å². The van der Waals surface area contributed by atoms with Gasteiger partial charge in [-0.05, 0) is 103 Å². The number of allylic oxidation sites excluding steroid dienone is 4. The van der Waals surface area contributed by atoms with E-state index in [2.05, 4.69) is 199 Å². The van der Waals surface area contributed by atoms with Crippen LogP contribution in [0, 0.1) is 5.92 Å². The zero-order chi connectivity index (χ0) is 42.0. The second-order valence-electron chi connectivity index (χ2n) is 18.4. The molecule has 0 spiro atoms. The van der Waals surface area contributed by atoms with Crippen molar-refractivity contribution in [1.82, 2.24) is 5.32 Å². The van der Waals surface area contributed by atoms with Gasteiger partial charge >= 0.3 is 0 Å². The molecule has 1 saturated heterocycles.